The van der Waals surface area contributed by atoms with E-state index < -0.39 is 12.0 Å². The van der Waals surface area contributed by atoms with Crippen molar-refractivity contribution in [2.75, 3.05) is 33.9 Å². The summed E-state index contributed by atoms with van der Waals surface area (Å²) in [6.07, 6.45) is 2.82. The zero-order valence-electron chi connectivity index (χ0n) is 14.4. The molecule has 2 heterocycles. The predicted molar refractivity (Wildman–Crippen MR) is 90.5 cm³/mol. The number of piperidine rings is 1. The number of benzene rings is 1. The van der Waals surface area contributed by atoms with Gasteiger partial charge in [-0.2, -0.15) is 0 Å². The number of carbonyl (C=O) groups is 1. The highest BCUT2D eigenvalue weighted by Gasteiger charge is 2.47. The molecule has 1 unspecified atom stereocenters. The zero-order valence-corrected chi connectivity index (χ0v) is 14.4. The Balaban J connectivity index is 1.84. The quantitative estimate of drug-likeness (QED) is 0.855. The zero-order chi connectivity index (χ0) is 17.2. The molecule has 0 saturated carbocycles. The molecular weight excluding hydrogens is 308 g/mol. The number of nitrogens with one attached hydrogen (secondary N) is 1. The van der Waals surface area contributed by atoms with Crippen LogP contribution >= 0.6 is 0 Å². The number of nitrogens with zero attached hydrogens (tertiary/aromatic N) is 1. The fourth-order valence-electron chi connectivity index (χ4n) is 4.17. The van der Waals surface area contributed by atoms with Crippen molar-refractivity contribution in [2.24, 2.45) is 5.41 Å². The van der Waals surface area contributed by atoms with E-state index in [1.54, 1.807) is 14.2 Å². The lowest BCUT2D eigenvalue weighted by Crippen LogP contribution is -2.38. The Bertz CT molecular complexity index is 599. The molecule has 1 spiro atoms. The summed E-state index contributed by atoms with van der Waals surface area (Å²) in [6, 6.07) is 5.32. The molecule has 1 aromatic rings. The maximum absolute atomic E-state index is 11.8. The van der Waals surface area contributed by atoms with Crippen LogP contribution in [0.3, 0.4) is 0 Å². The summed E-state index contributed by atoms with van der Waals surface area (Å²) in [4.78, 5) is 13.9. The van der Waals surface area contributed by atoms with Gasteiger partial charge in [0.15, 0.2) is 11.5 Å². The van der Waals surface area contributed by atoms with Gasteiger partial charge in [0.1, 0.15) is 6.04 Å². The van der Waals surface area contributed by atoms with Gasteiger partial charge in [-0.25, -0.2) is 0 Å². The van der Waals surface area contributed by atoms with Crippen LogP contribution in [0.2, 0.25) is 0 Å². The van der Waals surface area contributed by atoms with Crippen molar-refractivity contribution in [3.8, 4) is 11.5 Å². The molecule has 3 rings (SSSR count). The summed E-state index contributed by atoms with van der Waals surface area (Å²) in [5, 5.41) is 13.1. The summed E-state index contributed by atoms with van der Waals surface area (Å²) in [5.74, 6) is 0.639. The van der Waals surface area contributed by atoms with Crippen LogP contribution in [0.15, 0.2) is 18.2 Å². The van der Waals surface area contributed by atoms with E-state index in [1.807, 2.05) is 18.2 Å². The van der Waals surface area contributed by atoms with Gasteiger partial charge in [0, 0.05) is 18.7 Å². The van der Waals surface area contributed by atoms with E-state index in [-0.39, 0.29) is 5.41 Å². The average Bonchev–Trinajstić information content (AvgIpc) is 2.93. The van der Waals surface area contributed by atoms with E-state index >= 15 is 0 Å². The lowest BCUT2D eigenvalue weighted by atomic mass is 9.77. The third kappa shape index (κ3) is 3.21. The maximum atomic E-state index is 11.8. The van der Waals surface area contributed by atoms with Crippen molar-refractivity contribution in [2.45, 2.75) is 31.8 Å². The number of hydrogen-bond acceptors (Lipinski definition) is 5. The van der Waals surface area contributed by atoms with Crippen molar-refractivity contribution in [1.82, 2.24) is 10.2 Å². The number of aliphatic carboxylic acids is 1. The topological polar surface area (TPSA) is 71.0 Å². The summed E-state index contributed by atoms with van der Waals surface area (Å²) in [7, 11) is 3.23. The monoisotopic (exact) mass is 334 g/mol. The summed E-state index contributed by atoms with van der Waals surface area (Å²) < 4.78 is 10.9. The van der Waals surface area contributed by atoms with Crippen LogP contribution in [0.5, 0.6) is 11.5 Å². The first-order valence-corrected chi connectivity index (χ1v) is 8.46. The molecule has 1 atom stereocenters. The number of para-hydroxylation sites is 1. The third-order valence-electron chi connectivity index (χ3n) is 5.41. The number of rotatable bonds is 5. The number of carboxylic acids is 1. The van der Waals surface area contributed by atoms with Crippen molar-refractivity contribution >= 4 is 5.97 Å². The van der Waals surface area contributed by atoms with Crippen molar-refractivity contribution < 1.29 is 19.4 Å². The van der Waals surface area contributed by atoms with Gasteiger partial charge in [-0.05, 0) is 43.8 Å². The molecule has 0 radical (unpaired) electrons. The largest absolute Gasteiger partial charge is 0.493 e. The molecule has 2 saturated heterocycles. The highest BCUT2D eigenvalue weighted by Crippen LogP contribution is 2.43. The van der Waals surface area contributed by atoms with E-state index in [4.69, 9.17) is 9.47 Å². The second kappa shape index (κ2) is 6.99. The Morgan fingerprint density at radius 3 is 2.71 bits per heavy atom. The van der Waals surface area contributed by atoms with Gasteiger partial charge in [0.05, 0.1) is 14.2 Å². The molecule has 6 nitrogen and oxygen atoms in total. The van der Waals surface area contributed by atoms with Gasteiger partial charge in [-0.3, -0.25) is 9.69 Å². The number of carboxylic acid groups (broad SMARTS) is 1. The van der Waals surface area contributed by atoms with Crippen molar-refractivity contribution in [1.29, 1.82) is 0 Å². The van der Waals surface area contributed by atoms with Crippen LogP contribution in [0.4, 0.5) is 0 Å². The van der Waals surface area contributed by atoms with Crippen LogP contribution in [0.1, 0.15) is 24.8 Å². The molecule has 0 amide bonds. The normalized spacial score (nSPS) is 23.3. The first-order valence-electron chi connectivity index (χ1n) is 8.46. The summed E-state index contributed by atoms with van der Waals surface area (Å²) >= 11 is 0. The van der Waals surface area contributed by atoms with Crippen LogP contribution in [0.25, 0.3) is 0 Å². The average molecular weight is 334 g/mol. The second-order valence-corrected chi connectivity index (χ2v) is 6.87. The van der Waals surface area contributed by atoms with E-state index in [2.05, 4.69) is 10.2 Å². The second-order valence-electron chi connectivity index (χ2n) is 6.87. The Labute approximate surface area is 142 Å². The van der Waals surface area contributed by atoms with Crippen molar-refractivity contribution in [3.05, 3.63) is 23.8 Å². The van der Waals surface area contributed by atoms with Gasteiger partial charge in [0.2, 0.25) is 0 Å². The van der Waals surface area contributed by atoms with E-state index in [9.17, 15) is 9.90 Å². The number of ether oxygens (including phenoxy) is 2. The van der Waals surface area contributed by atoms with Crippen LogP contribution < -0.4 is 14.8 Å². The standard InChI is InChI=1S/C18H26N2O4/c1-23-15-5-3-4-13(16(15)24-2)11-20-12-18(6-8-19-9-7-18)10-14(20)17(21)22/h3-5,14,19H,6-12H2,1-2H3,(H,21,22). The maximum Gasteiger partial charge on any atom is 0.320 e. The van der Waals surface area contributed by atoms with Gasteiger partial charge < -0.3 is 19.9 Å². The van der Waals surface area contributed by atoms with Crippen LogP contribution in [-0.2, 0) is 11.3 Å². The van der Waals surface area contributed by atoms with Crippen LogP contribution in [-0.4, -0.2) is 55.9 Å². The molecule has 132 valence electrons. The Hall–Kier alpha value is -1.79. The molecule has 6 heteroatoms. The minimum Gasteiger partial charge on any atom is -0.493 e. The number of hydrogen-bond donors (Lipinski definition) is 2. The molecule has 0 bridgehead atoms. The van der Waals surface area contributed by atoms with E-state index in [1.165, 1.54) is 0 Å². The highest BCUT2D eigenvalue weighted by molar-refractivity contribution is 5.74. The summed E-state index contributed by atoms with van der Waals surface area (Å²) in [5.41, 5.74) is 1.09. The molecule has 2 aliphatic heterocycles. The molecule has 0 aliphatic carbocycles. The molecule has 2 N–H and O–H groups in total. The van der Waals surface area contributed by atoms with Gasteiger partial charge >= 0.3 is 5.97 Å². The Morgan fingerprint density at radius 1 is 1.33 bits per heavy atom. The molecule has 0 aromatic heterocycles. The van der Waals surface area contributed by atoms with E-state index in [0.29, 0.717) is 18.0 Å². The predicted octanol–water partition coefficient (Wildman–Crippen LogP) is 1.73. The third-order valence-corrected chi connectivity index (χ3v) is 5.41. The molecule has 1 aromatic carbocycles. The number of likely N-dealkylation sites (tertiary alicyclic amines) is 1. The first-order chi connectivity index (χ1) is 11.6. The van der Waals surface area contributed by atoms with Gasteiger partial charge in [0.25, 0.3) is 0 Å². The number of methoxy groups -OCH3 is 2. The molecule has 24 heavy (non-hydrogen) atoms. The minimum atomic E-state index is -0.729. The smallest absolute Gasteiger partial charge is 0.320 e. The fourth-order valence-corrected chi connectivity index (χ4v) is 4.17. The molecule has 2 aliphatic rings. The summed E-state index contributed by atoms with van der Waals surface area (Å²) in [6.45, 7) is 3.34. The van der Waals surface area contributed by atoms with Crippen molar-refractivity contribution in [3.63, 3.8) is 0 Å². The van der Waals surface area contributed by atoms with Gasteiger partial charge in [-0.1, -0.05) is 12.1 Å². The lowest BCUT2D eigenvalue weighted by Gasteiger charge is -2.33. The lowest BCUT2D eigenvalue weighted by molar-refractivity contribution is -0.142. The molecular formula is C18H26N2O4. The molecule has 2 fully saturated rings. The Morgan fingerprint density at radius 2 is 2.08 bits per heavy atom. The fraction of sp³-hybridized carbons (Fsp3) is 0.611. The van der Waals surface area contributed by atoms with Crippen LogP contribution in [0, 0.1) is 5.41 Å². The SMILES string of the molecule is COc1cccc(CN2CC3(CCNCC3)CC2C(=O)O)c1OC. The minimum absolute atomic E-state index is 0.125. The Kier molecular flexibility index (Phi) is 4.96. The van der Waals surface area contributed by atoms with E-state index in [0.717, 1.165) is 44.5 Å². The highest BCUT2D eigenvalue weighted by atomic mass is 16.5. The van der Waals surface area contributed by atoms with Gasteiger partial charge in [-0.15, -0.1) is 0 Å². The first kappa shape index (κ1) is 17.0.